The molecule has 4 nitrogen and oxygen atoms in total. The molecule has 0 saturated carbocycles. The lowest BCUT2D eigenvalue weighted by Gasteiger charge is -1.91. The van der Waals surface area contributed by atoms with Gasteiger partial charge >= 0.3 is 0 Å². The molecule has 0 saturated heterocycles. The molecule has 0 N–H and O–H groups in total. The molecule has 1 heterocycles. The van der Waals surface area contributed by atoms with Gasteiger partial charge in [0.05, 0.1) is 11.5 Å². The second-order valence-electron chi connectivity index (χ2n) is 1.93. The molecule has 0 aromatic heterocycles. The third kappa shape index (κ3) is 2.34. The van der Waals surface area contributed by atoms with Gasteiger partial charge in [-0.05, 0) is 0 Å². The fourth-order valence-corrected chi connectivity index (χ4v) is 1.55. The Labute approximate surface area is 62.9 Å². The largest absolute Gasteiger partial charge is 0.282 e. The van der Waals surface area contributed by atoms with Crippen LogP contribution in [0.4, 0.5) is 0 Å². The van der Waals surface area contributed by atoms with Crippen LogP contribution < -0.4 is 0 Å². The molecule has 0 amide bonds. The molecule has 1 aliphatic heterocycles. The first-order valence-electron chi connectivity index (χ1n) is 3.07. The highest BCUT2D eigenvalue weighted by atomic mass is 32.2. The maximum Gasteiger partial charge on any atom is 0.209 e. The Balaban J connectivity index is 2.19. The molecule has 0 atom stereocenters. The Hall–Kier alpha value is -0.580. The zero-order valence-electron chi connectivity index (χ0n) is 5.45. The summed E-state index contributed by atoms with van der Waals surface area (Å²) in [6.45, 7) is 0.851. The summed E-state index contributed by atoms with van der Waals surface area (Å²) in [4.78, 5) is 13.7. The lowest BCUT2D eigenvalue weighted by atomic mass is 10.5. The van der Waals surface area contributed by atoms with E-state index in [2.05, 4.69) is 4.99 Å². The van der Waals surface area contributed by atoms with Crippen LogP contribution in [0.1, 0.15) is 6.42 Å². The number of aliphatic imine (C=N–C) groups is 1. The number of nitrogens with zero attached hydrogens (tertiary/aromatic N) is 2. The summed E-state index contributed by atoms with van der Waals surface area (Å²) >= 11 is 1.63. The summed E-state index contributed by atoms with van der Waals surface area (Å²) in [5.74, 6) is 0.993. The summed E-state index contributed by atoms with van der Waals surface area (Å²) in [7, 11) is 0. The second-order valence-corrected chi connectivity index (χ2v) is 3.10. The van der Waals surface area contributed by atoms with Gasteiger partial charge < -0.3 is 0 Å². The third-order valence-electron chi connectivity index (χ3n) is 1.16. The van der Waals surface area contributed by atoms with Crippen LogP contribution >= 0.6 is 11.8 Å². The summed E-state index contributed by atoms with van der Waals surface area (Å²) in [5.41, 5.74) is 0. The molecule has 5 heteroatoms. The zero-order valence-corrected chi connectivity index (χ0v) is 6.26. The predicted octanol–water partition coefficient (Wildman–Crippen LogP) is 0.798. The van der Waals surface area contributed by atoms with E-state index in [-0.39, 0.29) is 11.5 Å². The van der Waals surface area contributed by atoms with Gasteiger partial charge in [0.2, 0.25) is 6.54 Å². The van der Waals surface area contributed by atoms with Crippen LogP contribution in [0.15, 0.2) is 4.99 Å². The average Bonchev–Trinajstić information content (AvgIpc) is 2.34. The number of hydrogen-bond donors (Lipinski definition) is 0. The molecule has 0 spiro atoms. The van der Waals surface area contributed by atoms with Crippen molar-refractivity contribution in [3.63, 3.8) is 0 Å². The van der Waals surface area contributed by atoms with E-state index in [0.717, 1.165) is 17.3 Å². The van der Waals surface area contributed by atoms with Crippen LogP contribution in [0.25, 0.3) is 0 Å². The Morgan fingerprint density at radius 2 is 2.60 bits per heavy atom. The number of hydrogen-bond acceptors (Lipinski definition) is 4. The molecule has 0 radical (unpaired) electrons. The molecule has 0 aliphatic carbocycles. The molecule has 1 aliphatic rings. The molecule has 0 fully saturated rings. The van der Waals surface area contributed by atoms with Crippen molar-refractivity contribution >= 4 is 16.8 Å². The van der Waals surface area contributed by atoms with Crippen LogP contribution in [0.5, 0.6) is 0 Å². The normalized spacial score (nSPS) is 17.0. The van der Waals surface area contributed by atoms with E-state index in [4.69, 9.17) is 0 Å². The number of thioether (sulfide) groups is 1. The second kappa shape index (κ2) is 3.55. The van der Waals surface area contributed by atoms with Crippen molar-refractivity contribution in [2.75, 3.05) is 18.8 Å². The average molecular weight is 160 g/mol. The highest BCUT2D eigenvalue weighted by Gasteiger charge is 2.09. The van der Waals surface area contributed by atoms with Crippen molar-refractivity contribution < 1.29 is 4.92 Å². The summed E-state index contributed by atoms with van der Waals surface area (Å²) < 4.78 is 0. The van der Waals surface area contributed by atoms with Gasteiger partial charge in [0, 0.05) is 17.2 Å². The van der Waals surface area contributed by atoms with Crippen molar-refractivity contribution in [3.05, 3.63) is 10.1 Å². The smallest absolute Gasteiger partial charge is 0.209 e. The van der Waals surface area contributed by atoms with E-state index in [1.54, 1.807) is 11.8 Å². The van der Waals surface area contributed by atoms with Crippen molar-refractivity contribution in [2.24, 2.45) is 4.99 Å². The molecule has 0 aromatic rings. The van der Waals surface area contributed by atoms with Gasteiger partial charge in [0.25, 0.3) is 0 Å². The van der Waals surface area contributed by atoms with E-state index in [9.17, 15) is 10.1 Å². The third-order valence-corrected chi connectivity index (χ3v) is 2.21. The quantitative estimate of drug-likeness (QED) is 0.453. The standard InChI is InChI=1S/C5H8N2O2S/c8-7(9)3-1-5-6-2-4-10-5/h1-4H2. The Morgan fingerprint density at radius 3 is 3.10 bits per heavy atom. The minimum absolute atomic E-state index is 0.0197. The van der Waals surface area contributed by atoms with E-state index >= 15 is 0 Å². The van der Waals surface area contributed by atoms with Gasteiger partial charge in [-0.3, -0.25) is 15.1 Å². The molecular formula is C5H8N2O2S. The maximum atomic E-state index is 9.90. The molecule has 1 rings (SSSR count). The first-order chi connectivity index (χ1) is 4.79. The van der Waals surface area contributed by atoms with Gasteiger partial charge in [-0.25, -0.2) is 0 Å². The maximum absolute atomic E-state index is 9.90. The SMILES string of the molecule is O=[N+]([O-])CCC1=NCCS1. The van der Waals surface area contributed by atoms with Crippen LogP contribution in [0, 0.1) is 10.1 Å². The molecular weight excluding hydrogens is 152 g/mol. The van der Waals surface area contributed by atoms with Gasteiger partial charge in [0.15, 0.2) is 0 Å². The van der Waals surface area contributed by atoms with Gasteiger partial charge in [-0.15, -0.1) is 11.8 Å². The highest BCUT2D eigenvalue weighted by molar-refractivity contribution is 8.14. The molecule has 0 aromatic carbocycles. The lowest BCUT2D eigenvalue weighted by molar-refractivity contribution is -0.477. The van der Waals surface area contributed by atoms with Crippen molar-refractivity contribution in [1.29, 1.82) is 0 Å². The topological polar surface area (TPSA) is 55.5 Å². The summed E-state index contributed by atoms with van der Waals surface area (Å²) in [6, 6.07) is 0. The Morgan fingerprint density at radius 1 is 1.80 bits per heavy atom. The van der Waals surface area contributed by atoms with Crippen LogP contribution in [0.3, 0.4) is 0 Å². The summed E-state index contributed by atoms with van der Waals surface area (Å²) in [6.07, 6.45) is 0.512. The van der Waals surface area contributed by atoms with E-state index in [1.165, 1.54) is 0 Å². The zero-order chi connectivity index (χ0) is 7.40. The summed E-state index contributed by atoms with van der Waals surface area (Å²) in [5, 5.41) is 10.8. The fraction of sp³-hybridized carbons (Fsp3) is 0.800. The van der Waals surface area contributed by atoms with Crippen molar-refractivity contribution in [3.8, 4) is 0 Å². The minimum atomic E-state index is -0.304. The molecule has 56 valence electrons. The molecule has 0 bridgehead atoms. The van der Waals surface area contributed by atoms with Crippen LogP contribution in [-0.2, 0) is 0 Å². The Kier molecular flexibility index (Phi) is 2.68. The van der Waals surface area contributed by atoms with Gasteiger partial charge in [0.1, 0.15) is 0 Å². The fourth-order valence-electron chi connectivity index (χ4n) is 0.718. The van der Waals surface area contributed by atoms with E-state index in [1.807, 2.05) is 0 Å². The van der Waals surface area contributed by atoms with Crippen molar-refractivity contribution in [1.82, 2.24) is 0 Å². The van der Waals surface area contributed by atoms with E-state index in [0.29, 0.717) is 6.42 Å². The Bertz CT molecular complexity index is 169. The lowest BCUT2D eigenvalue weighted by Crippen LogP contribution is -2.04. The monoisotopic (exact) mass is 160 g/mol. The van der Waals surface area contributed by atoms with Crippen molar-refractivity contribution in [2.45, 2.75) is 6.42 Å². The highest BCUT2D eigenvalue weighted by Crippen LogP contribution is 2.13. The predicted molar refractivity (Wildman–Crippen MR) is 41.2 cm³/mol. The minimum Gasteiger partial charge on any atom is -0.282 e. The van der Waals surface area contributed by atoms with Gasteiger partial charge in [-0.1, -0.05) is 0 Å². The van der Waals surface area contributed by atoms with Crippen LogP contribution in [0.2, 0.25) is 0 Å². The van der Waals surface area contributed by atoms with Crippen LogP contribution in [-0.4, -0.2) is 28.8 Å². The number of rotatable bonds is 3. The van der Waals surface area contributed by atoms with Gasteiger partial charge in [-0.2, -0.15) is 0 Å². The first-order valence-corrected chi connectivity index (χ1v) is 4.05. The van der Waals surface area contributed by atoms with E-state index < -0.39 is 0 Å². The number of nitro groups is 1. The molecule has 10 heavy (non-hydrogen) atoms. The first kappa shape index (κ1) is 7.53. The molecule has 0 unspecified atom stereocenters.